The zero-order valence-electron chi connectivity index (χ0n) is 35.5. The fraction of sp³-hybridized carbons (Fsp3) is 0.469. The molecule has 0 bridgehead atoms. The third-order valence-corrected chi connectivity index (χ3v) is 11.8. The van der Waals surface area contributed by atoms with Crippen LogP contribution in [0.2, 0.25) is 0 Å². The number of carbonyl (C=O) groups excluding carboxylic acids is 4. The van der Waals surface area contributed by atoms with Gasteiger partial charge >= 0.3 is 11.9 Å². The van der Waals surface area contributed by atoms with Gasteiger partial charge in [0.15, 0.2) is 5.79 Å². The monoisotopic (exact) mass is 834 g/mol. The van der Waals surface area contributed by atoms with E-state index in [0.717, 1.165) is 42.4 Å². The highest BCUT2D eigenvalue weighted by Gasteiger charge is 2.64. The third-order valence-electron chi connectivity index (χ3n) is 11.8. The van der Waals surface area contributed by atoms with Crippen molar-refractivity contribution in [2.75, 3.05) is 13.7 Å². The van der Waals surface area contributed by atoms with Crippen molar-refractivity contribution in [1.29, 1.82) is 0 Å². The van der Waals surface area contributed by atoms with Crippen LogP contribution in [0.5, 0.6) is 5.75 Å². The number of esters is 2. The number of phenolic OH excluding ortho intramolecular Hbond substituents is 1. The van der Waals surface area contributed by atoms with Crippen LogP contribution >= 0.6 is 0 Å². The number of fused-ring (bicyclic) bond motifs is 1. The Bertz CT molecular complexity index is 2110. The number of likely N-dealkylation sites (N-methyl/N-ethyl adjacent to an activating group) is 1. The summed E-state index contributed by atoms with van der Waals surface area (Å²) in [7, 11) is 1.57. The maximum absolute atomic E-state index is 14.7. The van der Waals surface area contributed by atoms with Gasteiger partial charge in [0.25, 0.3) is 0 Å². The molecule has 3 fully saturated rings. The molecule has 2 saturated carbocycles. The molecule has 12 nitrogen and oxygen atoms in total. The van der Waals surface area contributed by atoms with E-state index in [1.165, 1.54) is 4.90 Å². The Kier molecular flexibility index (Phi) is 13.5. The molecule has 324 valence electrons. The number of aliphatic hydroxyl groups is 1. The van der Waals surface area contributed by atoms with Crippen LogP contribution in [0.1, 0.15) is 92.8 Å². The van der Waals surface area contributed by atoms with Crippen LogP contribution in [0.3, 0.4) is 0 Å². The molecule has 0 spiro atoms. The first kappa shape index (κ1) is 43.8. The number of hydrogen-bond donors (Lipinski definition) is 3. The molecule has 7 rings (SSSR count). The third kappa shape index (κ3) is 11.0. The van der Waals surface area contributed by atoms with Crippen LogP contribution in [0.4, 0.5) is 0 Å². The predicted molar refractivity (Wildman–Crippen MR) is 228 cm³/mol. The lowest BCUT2D eigenvalue weighted by atomic mass is 9.90. The normalized spacial score (nSPS) is 21.8. The summed E-state index contributed by atoms with van der Waals surface area (Å²) >= 11 is 0. The number of allylic oxidation sites excluding steroid dienone is 1. The minimum atomic E-state index is -0.996. The first-order valence-corrected chi connectivity index (χ1v) is 21.5. The SMILES string of the molecule is CN(C(=O)C1=CC2OC(C3CC3)(C3CC3)OC2C(OC(=O)c2cccc(C=CCc3ccccc3O)c2)C1)C(Cc1ccccc1)C(=O)NC(CO)CCC(=O)OC(C)(C)C. The quantitative estimate of drug-likeness (QED) is 0.129. The molecule has 1 heterocycles. The van der Waals surface area contributed by atoms with Gasteiger partial charge in [0.05, 0.1) is 18.2 Å². The molecule has 1 aliphatic heterocycles. The van der Waals surface area contributed by atoms with Crippen LogP contribution < -0.4 is 5.32 Å². The first-order chi connectivity index (χ1) is 29.2. The highest BCUT2D eigenvalue weighted by molar-refractivity contribution is 5.97. The largest absolute Gasteiger partial charge is 0.508 e. The Morgan fingerprint density at radius 2 is 1.66 bits per heavy atom. The molecule has 0 aromatic heterocycles. The van der Waals surface area contributed by atoms with E-state index in [1.807, 2.05) is 60.7 Å². The first-order valence-electron chi connectivity index (χ1n) is 21.5. The molecule has 5 unspecified atom stereocenters. The molecule has 3 N–H and O–H groups in total. The fourth-order valence-electron chi connectivity index (χ4n) is 8.34. The van der Waals surface area contributed by atoms with Gasteiger partial charge in [0.1, 0.15) is 35.7 Å². The molecule has 3 aromatic carbocycles. The van der Waals surface area contributed by atoms with Gasteiger partial charge in [-0.05, 0) is 100 Å². The summed E-state index contributed by atoms with van der Waals surface area (Å²) in [4.78, 5) is 56.6. The number of ether oxygens (including phenoxy) is 4. The number of nitrogens with zero attached hydrogens (tertiary/aromatic N) is 1. The standard InChI is InChI=1S/C49H58N2O10/c1-48(2,3)60-43(54)25-24-38(30-52)50-45(55)39(27-32-12-6-5-7-13-32)51(4)46(56)35-28-41(44-42(29-35)59-49(61-44,36-20-21-36)37-22-23-37)58-47(57)34-18-11-15-31(26-34)14-10-17-33-16-8-9-19-40(33)53/h5-16,18-19,26,29,36-39,41-42,44,52-53H,17,20-25,27-28,30H2,1-4H3,(H,50,55). The Morgan fingerprint density at radius 3 is 2.33 bits per heavy atom. The number of aromatic hydroxyl groups is 1. The van der Waals surface area contributed by atoms with Crippen molar-refractivity contribution < 1.29 is 48.3 Å². The molecule has 5 atom stereocenters. The van der Waals surface area contributed by atoms with Crippen molar-refractivity contribution in [1.82, 2.24) is 10.2 Å². The van der Waals surface area contributed by atoms with E-state index in [4.69, 9.17) is 18.9 Å². The molecule has 0 radical (unpaired) electrons. The topological polar surface area (TPSA) is 161 Å². The second-order valence-electron chi connectivity index (χ2n) is 17.8. The summed E-state index contributed by atoms with van der Waals surface area (Å²) in [6.07, 6.45) is 8.22. The van der Waals surface area contributed by atoms with Gasteiger partial charge in [-0.1, -0.05) is 72.8 Å². The molecule has 3 aromatic rings. The molecule has 2 amide bonds. The van der Waals surface area contributed by atoms with E-state index in [0.29, 0.717) is 17.6 Å². The maximum Gasteiger partial charge on any atom is 0.338 e. The Hall–Kier alpha value is -5.30. The van der Waals surface area contributed by atoms with Crippen molar-refractivity contribution in [2.24, 2.45) is 11.8 Å². The number of aliphatic hydroxyl groups excluding tert-OH is 1. The minimum Gasteiger partial charge on any atom is -0.508 e. The lowest BCUT2D eigenvalue weighted by Crippen LogP contribution is -2.53. The van der Waals surface area contributed by atoms with Crippen molar-refractivity contribution in [3.63, 3.8) is 0 Å². The number of phenols is 1. The molecule has 3 aliphatic carbocycles. The zero-order valence-corrected chi connectivity index (χ0v) is 35.5. The summed E-state index contributed by atoms with van der Waals surface area (Å²) in [5, 5.41) is 23.2. The molecule has 1 saturated heterocycles. The number of para-hydroxylation sites is 1. The lowest BCUT2D eigenvalue weighted by Gasteiger charge is -2.34. The van der Waals surface area contributed by atoms with Gasteiger partial charge in [-0.2, -0.15) is 0 Å². The Labute approximate surface area is 357 Å². The van der Waals surface area contributed by atoms with E-state index in [2.05, 4.69) is 5.32 Å². The van der Waals surface area contributed by atoms with Gasteiger partial charge in [-0.25, -0.2) is 4.79 Å². The number of rotatable bonds is 17. The number of hydrogen-bond acceptors (Lipinski definition) is 10. The number of nitrogens with one attached hydrogen (secondary N) is 1. The van der Waals surface area contributed by atoms with E-state index >= 15 is 0 Å². The molecule has 12 heteroatoms. The highest BCUT2D eigenvalue weighted by atomic mass is 16.8. The van der Waals surface area contributed by atoms with E-state index in [1.54, 1.807) is 64.2 Å². The van der Waals surface area contributed by atoms with E-state index in [9.17, 15) is 29.4 Å². The summed E-state index contributed by atoms with van der Waals surface area (Å²) in [5.41, 5.74) is 2.39. The summed E-state index contributed by atoms with van der Waals surface area (Å²) < 4.78 is 25.3. The summed E-state index contributed by atoms with van der Waals surface area (Å²) in [5.74, 6) is -2.05. The van der Waals surface area contributed by atoms with Crippen LogP contribution in [-0.2, 0) is 46.2 Å². The Balaban J connectivity index is 1.10. The van der Waals surface area contributed by atoms with Gasteiger partial charge in [-0.3, -0.25) is 14.4 Å². The van der Waals surface area contributed by atoms with Crippen molar-refractivity contribution >= 4 is 29.8 Å². The number of carbonyl (C=O) groups is 4. The van der Waals surface area contributed by atoms with Crippen LogP contribution in [0.25, 0.3) is 6.08 Å². The predicted octanol–water partition coefficient (Wildman–Crippen LogP) is 6.47. The lowest BCUT2D eigenvalue weighted by molar-refractivity contribution is -0.209. The molecular weight excluding hydrogens is 777 g/mol. The van der Waals surface area contributed by atoms with Crippen molar-refractivity contribution in [3.05, 3.63) is 119 Å². The average Bonchev–Trinajstić information content (AvgIpc) is 4.19. The Morgan fingerprint density at radius 1 is 0.951 bits per heavy atom. The van der Waals surface area contributed by atoms with Gasteiger partial charge in [0.2, 0.25) is 11.8 Å². The molecular formula is C49H58N2O10. The van der Waals surface area contributed by atoms with Crippen molar-refractivity contribution in [2.45, 2.75) is 120 Å². The smallest absolute Gasteiger partial charge is 0.338 e. The van der Waals surface area contributed by atoms with Gasteiger partial charge < -0.3 is 39.4 Å². The van der Waals surface area contributed by atoms with Crippen LogP contribution in [0.15, 0.2) is 96.6 Å². The zero-order chi connectivity index (χ0) is 43.3. The number of amides is 2. The molecule has 61 heavy (non-hydrogen) atoms. The van der Waals surface area contributed by atoms with E-state index in [-0.39, 0.29) is 43.3 Å². The van der Waals surface area contributed by atoms with Gasteiger partial charge in [0, 0.05) is 43.7 Å². The van der Waals surface area contributed by atoms with Gasteiger partial charge in [-0.15, -0.1) is 0 Å². The number of benzene rings is 3. The molecule has 4 aliphatic rings. The average molecular weight is 835 g/mol. The summed E-state index contributed by atoms with van der Waals surface area (Å²) in [6.45, 7) is 4.90. The fourth-order valence-corrected chi connectivity index (χ4v) is 8.34. The maximum atomic E-state index is 14.7. The summed E-state index contributed by atoms with van der Waals surface area (Å²) in [6, 6.07) is 21.8. The minimum absolute atomic E-state index is 0.0115. The highest BCUT2D eigenvalue weighted by Crippen LogP contribution is 2.59. The second kappa shape index (κ2) is 18.8. The van der Waals surface area contributed by atoms with Crippen molar-refractivity contribution in [3.8, 4) is 5.75 Å². The van der Waals surface area contributed by atoms with Crippen LogP contribution in [-0.4, -0.2) is 94.3 Å². The van der Waals surface area contributed by atoms with Crippen LogP contribution in [0, 0.1) is 11.8 Å². The van der Waals surface area contributed by atoms with E-state index < -0.39 is 72.1 Å². The second-order valence-corrected chi connectivity index (χ2v) is 17.8.